The number of ether oxygens (including phenoxy) is 1. The lowest BCUT2D eigenvalue weighted by Crippen LogP contribution is -2.47. The van der Waals surface area contributed by atoms with Crippen molar-refractivity contribution in [1.29, 1.82) is 0 Å². The Morgan fingerprint density at radius 1 is 1.00 bits per heavy atom. The molecule has 0 radical (unpaired) electrons. The minimum Gasteiger partial charge on any atom is -0.444 e. The first kappa shape index (κ1) is 26.3. The average Bonchev–Trinajstić information content (AvgIpc) is 2.93. The Morgan fingerprint density at radius 3 is 1.97 bits per heavy atom. The number of hydrogen-bond acceptors (Lipinski definition) is 4. The summed E-state index contributed by atoms with van der Waals surface area (Å²) in [5.74, 6) is -2.61. The van der Waals surface area contributed by atoms with Gasteiger partial charge in [-0.15, -0.1) is 0 Å². The summed E-state index contributed by atoms with van der Waals surface area (Å²) in [6, 6.07) is 8.76. The standard InChI is InChI=1S/C27H32F2N2O4/c1-16(2)31(24(33)14-30-26(34)35-27(3,4)5)15-23(32)25-19-8-6-10-21(28)17(19)12-13-18-20(25)9-7-11-22(18)29/h6-11,16,25H,12-15H2,1-5H3,(H,30,34). The summed E-state index contributed by atoms with van der Waals surface area (Å²) in [4.78, 5) is 39.9. The van der Waals surface area contributed by atoms with Crippen LogP contribution in [0.3, 0.4) is 0 Å². The molecule has 0 heterocycles. The number of rotatable bonds is 6. The van der Waals surface area contributed by atoms with Crippen molar-refractivity contribution < 1.29 is 27.9 Å². The van der Waals surface area contributed by atoms with Gasteiger partial charge in [-0.05, 0) is 81.8 Å². The first-order chi connectivity index (χ1) is 16.4. The molecular weight excluding hydrogens is 454 g/mol. The number of amides is 2. The van der Waals surface area contributed by atoms with Gasteiger partial charge in [0.1, 0.15) is 23.8 Å². The van der Waals surface area contributed by atoms with Gasteiger partial charge in [0.15, 0.2) is 5.78 Å². The highest BCUT2D eigenvalue weighted by molar-refractivity contribution is 5.94. The van der Waals surface area contributed by atoms with Crippen LogP contribution in [0.1, 0.15) is 62.8 Å². The van der Waals surface area contributed by atoms with Crippen LogP contribution in [0, 0.1) is 11.6 Å². The van der Waals surface area contributed by atoms with Crippen molar-refractivity contribution in [1.82, 2.24) is 10.2 Å². The Balaban J connectivity index is 1.88. The Labute approximate surface area is 204 Å². The van der Waals surface area contributed by atoms with Crippen LogP contribution < -0.4 is 5.32 Å². The summed E-state index contributed by atoms with van der Waals surface area (Å²) < 4.78 is 34.6. The highest BCUT2D eigenvalue weighted by Gasteiger charge is 2.34. The molecule has 0 aliphatic heterocycles. The van der Waals surface area contributed by atoms with Gasteiger partial charge in [-0.3, -0.25) is 9.59 Å². The molecule has 0 aromatic heterocycles. The Morgan fingerprint density at radius 2 is 1.51 bits per heavy atom. The summed E-state index contributed by atoms with van der Waals surface area (Å²) in [6.45, 7) is 8.02. The van der Waals surface area contributed by atoms with Crippen LogP contribution in [-0.4, -0.2) is 47.4 Å². The van der Waals surface area contributed by atoms with Gasteiger partial charge in [-0.2, -0.15) is 0 Å². The highest BCUT2D eigenvalue weighted by atomic mass is 19.1. The molecule has 2 amide bonds. The third kappa shape index (κ3) is 6.24. The lowest BCUT2D eigenvalue weighted by Gasteiger charge is -2.29. The fourth-order valence-electron chi connectivity index (χ4n) is 4.36. The molecule has 0 spiro atoms. The molecule has 2 aromatic rings. The molecular formula is C27H32F2N2O4. The van der Waals surface area contributed by atoms with E-state index < -0.39 is 35.2 Å². The third-order valence-electron chi connectivity index (χ3n) is 5.93. The molecule has 0 atom stereocenters. The average molecular weight is 487 g/mol. The Kier molecular flexibility index (Phi) is 7.93. The van der Waals surface area contributed by atoms with E-state index in [4.69, 9.17) is 4.74 Å². The lowest BCUT2D eigenvalue weighted by atomic mass is 9.84. The van der Waals surface area contributed by atoms with E-state index in [0.29, 0.717) is 22.3 Å². The van der Waals surface area contributed by atoms with Gasteiger partial charge in [0.25, 0.3) is 0 Å². The molecule has 0 bridgehead atoms. The van der Waals surface area contributed by atoms with E-state index in [1.165, 1.54) is 29.2 Å². The van der Waals surface area contributed by atoms with Crippen LogP contribution in [0.5, 0.6) is 0 Å². The summed E-state index contributed by atoms with van der Waals surface area (Å²) >= 11 is 0. The van der Waals surface area contributed by atoms with Crippen molar-refractivity contribution in [3.63, 3.8) is 0 Å². The number of halogens is 2. The number of hydrogen-bond donors (Lipinski definition) is 1. The smallest absolute Gasteiger partial charge is 0.408 e. The zero-order valence-electron chi connectivity index (χ0n) is 20.8. The van der Waals surface area contributed by atoms with Crippen LogP contribution in [0.25, 0.3) is 0 Å². The van der Waals surface area contributed by atoms with E-state index in [2.05, 4.69) is 5.32 Å². The maximum Gasteiger partial charge on any atom is 0.408 e. The molecule has 1 aliphatic rings. The Bertz CT molecular complexity index is 1070. The van der Waals surface area contributed by atoms with Gasteiger partial charge in [0.2, 0.25) is 5.91 Å². The number of nitrogens with one attached hydrogen (secondary N) is 1. The van der Waals surface area contributed by atoms with Gasteiger partial charge in [-0.25, -0.2) is 13.6 Å². The number of benzene rings is 2. The summed E-state index contributed by atoms with van der Waals surface area (Å²) in [5.41, 5.74) is 1.03. The second-order valence-corrected chi connectivity index (χ2v) is 9.99. The van der Waals surface area contributed by atoms with Crippen LogP contribution >= 0.6 is 0 Å². The molecule has 0 unspecified atom stereocenters. The van der Waals surface area contributed by atoms with Gasteiger partial charge in [-0.1, -0.05) is 24.3 Å². The van der Waals surface area contributed by atoms with E-state index in [1.807, 2.05) is 0 Å². The molecule has 8 heteroatoms. The second-order valence-electron chi connectivity index (χ2n) is 9.99. The second kappa shape index (κ2) is 10.5. The molecule has 3 rings (SSSR count). The number of carbonyl (C=O) groups excluding carboxylic acids is 3. The zero-order valence-corrected chi connectivity index (χ0v) is 20.8. The maximum atomic E-state index is 14.7. The first-order valence-corrected chi connectivity index (χ1v) is 11.7. The van der Waals surface area contributed by atoms with Crippen LogP contribution in [0.4, 0.5) is 13.6 Å². The van der Waals surface area contributed by atoms with Gasteiger partial charge in [0.05, 0.1) is 12.5 Å². The SMILES string of the molecule is CC(C)N(CC(=O)C1c2cccc(F)c2CCc2c(F)cccc21)C(=O)CNC(=O)OC(C)(C)C. The van der Waals surface area contributed by atoms with Crippen molar-refractivity contribution >= 4 is 17.8 Å². The Hall–Kier alpha value is -3.29. The number of Topliss-reactive ketones (excluding diaryl/α,β-unsaturated/α-hetero) is 1. The lowest BCUT2D eigenvalue weighted by molar-refractivity contribution is -0.136. The molecule has 35 heavy (non-hydrogen) atoms. The molecule has 1 aliphatic carbocycles. The molecule has 0 saturated heterocycles. The molecule has 1 N–H and O–H groups in total. The summed E-state index contributed by atoms with van der Waals surface area (Å²) in [7, 11) is 0. The predicted molar refractivity (Wildman–Crippen MR) is 128 cm³/mol. The van der Waals surface area contributed by atoms with Gasteiger partial charge in [0, 0.05) is 6.04 Å². The van der Waals surface area contributed by atoms with E-state index in [0.717, 1.165) is 0 Å². The van der Waals surface area contributed by atoms with Crippen molar-refractivity contribution in [2.45, 2.75) is 65.0 Å². The molecule has 2 aromatic carbocycles. The molecule has 0 fully saturated rings. The minimum atomic E-state index is -0.915. The highest BCUT2D eigenvalue weighted by Crippen LogP contribution is 2.37. The summed E-state index contributed by atoms with van der Waals surface area (Å²) in [5, 5.41) is 2.42. The first-order valence-electron chi connectivity index (χ1n) is 11.7. The number of nitrogens with zero attached hydrogens (tertiary/aromatic N) is 1. The van der Waals surface area contributed by atoms with Crippen molar-refractivity contribution in [3.8, 4) is 0 Å². The van der Waals surface area contributed by atoms with Crippen molar-refractivity contribution in [2.75, 3.05) is 13.1 Å². The molecule has 6 nitrogen and oxygen atoms in total. The van der Waals surface area contributed by atoms with E-state index in [1.54, 1.807) is 46.8 Å². The van der Waals surface area contributed by atoms with E-state index in [-0.39, 0.29) is 37.8 Å². The monoisotopic (exact) mass is 486 g/mol. The fourth-order valence-corrected chi connectivity index (χ4v) is 4.36. The quantitative estimate of drug-likeness (QED) is 0.651. The van der Waals surface area contributed by atoms with Crippen LogP contribution in [-0.2, 0) is 27.2 Å². The zero-order chi connectivity index (χ0) is 25.9. The van der Waals surface area contributed by atoms with Gasteiger partial charge < -0.3 is 15.0 Å². The topological polar surface area (TPSA) is 75.7 Å². The molecule has 0 saturated carbocycles. The number of alkyl carbamates (subject to hydrolysis) is 1. The van der Waals surface area contributed by atoms with Crippen LogP contribution in [0.2, 0.25) is 0 Å². The fraction of sp³-hybridized carbons (Fsp3) is 0.444. The number of carbonyl (C=O) groups is 3. The normalized spacial score (nSPS) is 13.5. The third-order valence-corrected chi connectivity index (χ3v) is 5.93. The van der Waals surface area contributed by atoms with Crippen molar-refractivity contribution in [3.05, 3.63) is 70.3 Å². The van der Waals surface area contributed by atoms with Gasteiger partial charge >= 0.3 is 6.09 Å². The largest absolute Gasteiger partial charge is 0.444 e. The minimum absolute atomic E-state index is 0.270. The molecule has 188 valence electrons. The summed E-state index contributed by atoms with van der Waals surface area (Å²) in [6.07, 6.45) is -0.197. The maximum absolute atomic E-state index is 14.7. The number of fused-ring (bicyclic) bond motifs is 2. The van der Waals surface area contributed by atoms with E-state index in [9.17, 15) is 23.2 Å². The van der Waals surface area contributed by atoms with E-state index >= 15 is 0 Å². The van der Waals surface area contributed by atoms with Crippen LogP contribution in [0.15, 0.2) is 36.4 Å². The predicted octanol–water partition coefficient (Wildman–Crippen LogP) is 4.53. The number of ketones is 1. The van der Waals surface area contributed by atoms with Crippen molar-refractivity contribution in [2.24, 2.45) is 0 Å².